The molecule has 0 amide bonds. The monoisotopic (exact) mass is 255 g/mol. The summed E-state index contributed by atoms with van der Waals surface area (Å²) < 4.78 is 0. The zero-order valence-electron chi connectivity index (χ0n) is 12.7. The van der Waals surface area contributed by atoms with Crippen LogP contribution in [0.5, 0.6) is 0 Å². The van der Waals surface area contributed by atoms with Gasteiger partial charge in [0.25, 0.3) is 0 Å². The van der Waals surface area contributed by atoms with Crippen molar-refractivity contribution >= 4 is 0 Å². The molecule has 0 aliphatic heterocycles. The highest BCUT2D eigenvalue weighted by Crippen LogP contribution is 2.67. The maximum atomic E-state index is 2.54. The molecule has 4 atom stereocenters. The summed E-state index contributed by atoms with van der Waals surface area (Å²) in [6.45, 7) is 7.56. The molecule has 0 N–H and O–H groups in total. The lowest BCUT2D eigenvalue weighted by atomic mass is 9.42. The molecular formula is C19H27. The fraction of sp³-hybridized carbons (Fsp3) is 0.737. The van der Waals surface area contributed by atoms with Gasteiger partial charge in [-0.15, -0.1) is 0 Å². The average Bonchev–Trinajstić information content (AvgIpc) is 2.82. The first-order valence-electron chi connectivity index (χ1n) is 8.36. The van der Waals surface area contributed by atoms with Crippen molar-refractivity contribution in [1.82, 2.24) is 0 Å². The molecule has 0 aromatic heterocycles. The minimum absolute atomic E-state index is 0.628. The molecule has 5 rings (SSSR count). The van der Waals surface area contributed by atoms with Crippen LogP contribution in [0.2, 0.25) is 0 Å². The fourth-order valence-corrected chi connectivity index (χ4v) is 5.64. The number of hydrogen-bond donors (Lipinski definition) is 0. The first kappa shape index (κ1) is 12.7. The Labute approximate surface area is 119 Å². The largest absolute Gasteiger partial charge is 0.0619 e. The molecule has 0 heterocycles. The van der Waals surface area contributed by atoms with Gasteiger partial charge in [-0.2, -0.15) is 0 Å². The van der Waals surface area contributed by atoms with Crippen molar-refractivity contribution in [3.8, 4) is 0 Å². The van der Waals surface area contributed by atoms with E-state index in [-0.39, 0.29) is 0 Å². The third kappa shape index (κ3) is 1.70. The summed E-state index contributed by atoms with van der Waals surface area (Å²) in [7, 11) is 0. The molecule has 5 radical (unpaired) electrons. The standard InChI is InChI=1S/C19H27/c1-12-17(10-14-11-18(12)19(14,2)3)16-9-8-13-6-4-5-7-15(13)16/h8-9,12,14,17-18H,4-7,10-11H2,1-3H3/t12-,14+,17-,18+/m1/s1. The highest BCUT2D eigenvalue weighted by molar-refractivity contribution is 5.53. The number of fused-ring (bicyclic) bond motifs is 3. The summed E-state index contributed by atoms with van der Waals surface area (Å²) in [4.78, 5) is 0. The molecule has 5 fully saturated rings. The molecule has 0 heteroatoms. The zero-order valence-corrected chi connectivity index (χ0v) is 12.7. The Bertz CT molecular complexity index is 355. The molecule has 0 aromatic rings. The van der Waals surface area contributed by atoms with Crippen LogP contribution in [-0.4, -0.2) is 0 Å². The van der Waals surface area contributed by atoms with Crippen LogP contribution in [0.4, 0.5) is 0 Å². The van der Waals surface area contributed by atoms with E-state index in [1.54, 1.807) is 17.8 Å². The quantitative estimate of drug-likeness (QED) is 0.617. The number of hydrogen-bond acceptors (Lipinski definition) is 0. The lowest BCUT2D eigenvalue weighted by Crippen LogP contribution is -2.56. The molecule has 5 saturated carbocycles. The highest BCUT2D eigenvalue weighted by atomic mass is 14.6. The Kier molecular flexibility index (Phi) is 2.84. The molecule has 0 aromatic carbocycles. The average molecular weight is 255 g/mol. The smallest absolute Gasteiger partial charge is 0.00966 e. The summed E-state index contributed by atoms with van der Waals surface area (Å²) >= 11 is 0. The van der Waals surface area contributed by atoms with Crippen LogP contribution in [0.15, 0.2) is 0 Å². The second kappa shape index (κ2) is 4.25. The van der Waals surface area contributed by atoms with Crippen LogP contribution in [0.3, 0.4) is 0 Å². The van der Waals surface area contributed by atoms with Gasteiger partial charge in [-0.25, -0.2) is 0 Å². The van der Waals surface area contributed by atoms with Crippen LogP contribution in [0, 0.1) is 59.7 Å². The van der Waals surface area contributed by atoms with E-state index in [4.69, 9.17) is 0 Å². The van der Waals surface area contributed by atoms with Crippen LogP contribution < -0.4 is 0 Å². The Balaban J connectivity index is 1.52. The minimum atomic E-state index is 0.628. The van der Waals surface area contributed by atoms with Gasteiger partial charge in [0.05, 0.1) is 0 Å². The minimum Gasteiger partial charge on any atom is -0.0619 e. The second-order valence-corrected chi connectivity index (χ2v) is 8.06. The van der Waals surface area contributed by atoms with Crippen molar-refractivity contribution in [1.29, 1.82) is 0 Å². The van der Waals surface area contributed by atoms with Gasteiger partial charge in [0, 0.05) is 0 Å². The summed E-state index contributed by atoms with van der Waals surface area (Å²) in [5, 5.41) is 0. The lowest BCUT2D eigenvalue weighted by Gasteiger charge is -2.63. The van der Waals surface area contributed by atoms with Gasteiger partial charge in [-0.1, -0.05) is 33.6 Å². The number of rotatable bonds is 1. The van der Waals surface area contributed by atoms with Crippen molar-refractivity contribution in [3.63, 3.8) is 0 Å². The molecular weight excluding hydrogens is 228 g/mol. The molecule has 5 aliphatic rings. The molecule has 0 unspecified atom stereocenters. The first-order valence-corrected chi connectivity index (χ1v) is 8.36. The van der Waals surface area contributed by atoms with Gasteiger partial charge < -0.3 is 0 Å². The van der Waals surface area contributed by atoms with Gasteiger partial charge in [-0.3, -0.25) is 0 Å². The lowest BCUT2D eigenvalue weighted by molar-refractivity contribution is -0.123. The van der Waals surface area contributed by atoms with Gasteiger partial charge in [0.2, 0.25) is 0 Å². The van der Waals surface area contributed by atoms with Crippen LogP contribution >= 0.6 is 0 Å². The summed E-state index contributed by atoms with van der Waals surface area (Å²) in [5.41, 5.74) is 0.628. The van der Waals surface area contributed by atoms with Crippen LogP contribution in [0.1, 0.15) is 59.3 Å². The molecule has 2 bridgehead atoms. The Hall–Kier alpha value is 0. The summed E-state index contributed by atoms with van der Waals surface area (Å²) in [6.07, 6.45) is 13.4. The van der Waals surface area contributed by atoms with Gasteiger partial charge in [-0.05, 0) is 85.4 Å². The highest BCUT2D eigenvalue weighted by Gasteiger charge is 2.59. The van der Waals surface area contributed by atoms with Crippen LogP contribution in [0.25, 0.3) is 0 Å². The Morgan fingerprint density at radius 1 is 1.05 bits per heavy atom. The Morgan fingerprint density at radius 2 is 1.84 bits per heavy atom. The predicted octanol–water partition coefficient (Wildman–Crippen LogP) is 5.02. The van der Waals surface area contributed by atoms with E-state index in [0.717, 1.165) is 23.7 Å². The van der Waals surface area contributed by atoms with Gasteiger partial charge >= 0.3 is 0 Å². The molecule has 19 heavy (non-hydrogen) atoms. The topological polar surface area (TPSA) is 0 Å². The van der Waals surface area contributed by atoms with Gasteiger partial charge in [0.15, 0.2) is 0 Å². The molecule has 0 saturated heterocycles. The van der Waals surface area contributed by atoms with Crippen molar-refractivity contribution in [2.45, 2.75) is 59.3 Å². The first-order chi connectivity index (χ1) is 9.09. The van der Waals surface area contributed by atoms with E-state index < -0.39 is 0 Å². The van der Waals surface area contributed by atoms with Gasteiger partial charge in [0.1, 0.15) is 0 Å². The third-order valence-electron chi connectivity index (χ3n) is 7.08. The van der Waals surface area contributed by atoms with E-state index in [9.17, 15) is 0 Å². The van der Waals surface area contributed by atoms with Crippen molar-refractivity contribution < 1.29 is 0 Å². The molecule has 0 nitrogen and oxygen atoms in total. The maximum absolute atomic E-state index is 2.54. The van der Waals surface area contributed by atoms with E-state index >= 15 is 0 Å². The molecule has 0 spiro atoms. The maximum Gasteiger partial charge on any atom is -0.00966 e. The second-order valence-electron chi connectivity index (χ2n) is 8.06. The van der Waals surface area contributed by atoms with Crippen molar-refractivity contribution in [2.75, 3.05) is 0 Å². The SMILES string of the molecule is C[C@@H]1[C@H]([C]2[CH][CH][C]3CCCC[C]32)C[C@H]2C[C@@H]1C2(C)C. The van der Waals surface area contributed by atoms with E-state index in [1.165, 1.54) is 38.5 Å². The summed E-state index contributed by atoms with van der Waals surface area (Å²) in [6, 6.07) is 0. The van der Waals surface area contributed by atoms with E-state index in [2.05, 4.69) is 33.6 Å². The predicted molar refractivity (Wildman–Crippen MR) is 79.4 cm³/mol. The molecule has 5 aliphatic carbocycles. The zero-order chi connectivity index (χ0) is 13.2. The normalized spacial score (nSPS) is 46.9. The van der Waals surface area contributed by atoms with Crippen molar-refractivity contribution in [3.05, 3.63) is 30.6 Å². The molecule has 103 valence electrons. The third-order valence-corrected chi connectivity index (χ3v) is 7.08. The van der Waals surface area contributed by atoms with E-state index in [0.29, 0.717) is 5.41 Å². The van der Waals surface area contributed by atoms with E-state index in [1.807, 2.05) is 0 Å². The summed E-state index contributed by atoms with van der Waals surface area (Å²) in [5.74, 6) is 8.95. The van der Waals surface area contributed by atoms with Crippen LogP contribution in [-0.2, 0) is 0 Å². The Morgan fingerprint density at radius 3 is 2.58 bits per heavy atom. The fourth-order valence-electron chi connectivity index (χ4n) is 5.64. The van der Waals surface area contributed by atoms with Crippen molar-refractivity contribution in [2.24, 2.45) is 29.1 Å².